The molecule has 0 aromatic carbocycles. The minimum absolute atomic E-state index is 0.0527. The van der Waals surface area contributed by atoms with E-state index in [-0.39, 0.29) is 11.4 Å². The molecule has 1 spiro atoms. The van der Waals surface area contributed by atoms with Gasteiger partial charge in [-0.15, -0.1) is 0 Å². The summed E-state index contributed by atoms with van der Waals surface area (Å²) >= 11 is 0. The topological polar surface area (TPSA) is 32.3 Å². The monoisotopic (exact) mass is 180 g/mol. The van der Waals surface area contributed by atoms with Gasteiger partial charge in [-0.2, -0.15) is 0 Å². The predicted octanol–water partition coefficient (Wildman–Crippen LogP) is 0.527. The first-order valence-corrected chi connectivity index (χ1v) is 5.00. The van der Waals surface area contributed by atoms with Crippen LogP contribution in [0.4, 0.5) is 0 Å². The molecule has 1 fully saturated rings. The fraction of sp³-hybridized carbons (Fsp3) is 0.700. The molecule has 2 aliphatic heterocycles. The highest BCUT2D eigenvalue weighted by atomic mass is 16.2. The van der Waals surface area contributed by atoms with Crippen molar-refractivity contribution >= 4 is 5.91 Å². The molecule has 2 heterocycles. The highest BCUT2D eigenvalue weighted by molar-refractivity contribution is 5.91. The fourth-order valence-electron chi connectivity index (χ4n) is 2.39. The van der Waals surface area contributed by atoms with E-state index in [1.165, 1.54) is 0 Å². The van der Waals surface area contributed by atoms with Gasteiger partial charge in [0.05, 0.1) is 5.54 Å². The summed E-state index contributed by atoms with van der Waals surface area (Å²) in [6.45, 7) is 4.92. The number of hydrogen-bond acceptors (Lipinski definition) is 2. The van der Waals surface area contributed by atoms with Gasteiger partial charge in [-0.05, 0) is 32.9 Å². The maximum atomic E-state index is 11.5. The summed E-state index contributed by atoms with van der Waals surface area (Å²) in [5.41, 5.74) is 0.0527. The molecule has 0 saturated carbocycles. The lowest BCUT2D eigenvalue weighted by Gasteiger charge is -2.40. The summed E-state index contributed by atoms with van der Waals surface area (Å²) in [6.07, 6.45) is 5.95. The van der Waals surface area contributed by atoms with Crippen LogP contribution in [-0.4, -0.2) is 36.0 Å². The number of carbonyl (C=O) groups is 1. The normalized spacial score (nSPS) is 25.9. The van der Waals surface area contributed by atoms with Gasteiger partial charge in [0.1, 0.15) is 0 Å². The zero-order valence-corrected chi connectivity index (χ0v) is 8.05. The van der Waals surface area contributed by atoms with Gasteiger partial charge in [0.15, 0.2) is 0 Å². The van der Waals surface area contributed by atoms with E-state index in [2.05, 4.69) is 18.3 Å². The number of nitrogens with zero attached hydrogens (tertiary/aromatic N) is 1. The lowest BCUT2D eigenvalue weighted by atomic mass is 9.88. The Kier molecular flexibility index (Phi) is 2.12. The van der Waals surface area contributed by atoms with Crippen molar-refractivity contribution in [2.45, 2.75) is 25.3 Å². The van der Waals surface area contributed by atoms with E-state index in [4.69, 9.17) is 0 Å². The Morgan fingerprint density at radius 1 is 1.54 bits per heavy atom. The van der Waals surface area contributed by atoms with E-state index in [9.17, 15) is 4.79 Å². The molecule has 2 aliphatic rings. The fourth-order valence-corrected chi connectivity index (χ4v) is 2.39. The maximum absolute atomic E-state index is 11.5. The molecule has 72 valence electrons. The van der Waals surface area contributed by atoms with E-state index in [1.54, 1.807) is 6.08 Å². The summed E-state index contributed by atoms with van der Waals surface area (Å²) in [5.74, 6) is 0.185. The Morgan fingerprint density at radius 2 is 2.23 bits per heavy atom. The van der Waals surface area contributed by atoms with Gasteiger partial charge in [-0.1, -0.05) is 6.08 Å². The number of piperidine rings is 1. The third kappa shape index (κ3) is 1.27. The predicted molar refractivity (Wildman–Crippen MR) is 51.4 cm³/mol. The van der Waals surface area contributed by atoms with Crippen molar-refractivity contribution < 1.29 is 4.79 Å². The number of nitrogens with one attached hydrogen (secondary N) is 1. The Bertz CT molecular complexity index is 241. The second-order valence-corrected chi connectivity index (χ2v) is 3.77. The standard InChI is InChI=1S/C10H16N2O/c1-2-12-9(13)3-4-10(12)5-7-11-8-6-10/h3-4,11H,2,5-8H2,1H3. The van der Waals surface area contributed by atoms with Gasteiger partial charge in [-0.3, -0.25) is 4.79 Å². The van der Waals surface area contributed by atoms with E-state index >= 15 is 0 Å². The van der Waals surface area contributed by atoms with Crippen LogP contribution in [0.5, 0.6) is 0 Å². The van der Waals surface area contributed by atoms with Gasteiger partial charge in [0.25, 0.3) is 0 Å². The molecule has 0 bridgehead atoms. The summed E-state index contributed by atoms with van der Waals surface area (Å²) in [4.78, 5) is 13.5. The molecule has 0 aromatic heterocycles. The van der Waals surface area contributed by atoms with Crippen molar-refractivity contribution in [3.05, 3.63) is 12.2 Å². The van der Waals surface area contributed by atoms with Gasteiger partial charge in [0, 0.05) is 12.6 Å². The smallest absolute Gasteiger partial charge is 0.247 e. The molecule has 3 heteroatoms. The van der Waals surface area contributed by atoms with Crippen LogP contribution in [0.1, 0.15) is 19.8 Å². The Labute approximate surface area is 78.8 Å². The highest BCUT2D eigenvalue weighted by Gasteiger charge is 2.40. The molecular weight excluding hydrogens is 164 g/mol. The molecule has 1 N–H and O–H groups in total. The second kappa shape index (κ2) is 3.14. The van der Waals surface area contributed by atoms with Crippen molar-refractivity contribution in [1.82, 2.24) is 10.2 Å². The summed E-state index contributed by atoms with van der Waals surface area (Å²) in [5, 5.41) is 3.32. The zero-order chi connectivity index (χ0) is 9.31. The Morgan fingerprint density at radius 3 is 2.85 bits per heavy atom. The van der Waals surface area contributed by atoms with Crippen LogP contribution < -0.4 is 5.32 Å². The molecule has 0 aromatic rings. The molecule has 0 unspecified atom stereocenters. The SMILES string of the molecule is CCN1C(=O)C=CC12CCNCC2. The molecular formula is C10H16N2O. The minimum atomic E-state index is 0.0527. The zero-order valence-electron chi connectivity index (χ0n) is 8.05. The number of amides is 1. The lowest BCUT2D eigenvalue weighted by Crippen LogP contribution is -2.52. The van der Waals surface area contributed by atoms with Crippen molar-refractivity contribution in [3.63, 3.8) is 0 Å². The third-order valence-corrected chi connectivity index (χ3v) is 3.13. The molecule has 0 radical (unpaired) electrons. The van der Waals surface area contributed by atoms with Crippen molar-refractivity contribution in [1.29, 1.82) is 0 Å². The van der Waals surface area contributed by atoms with Crippen molar-refractivity contribution in [2.75, 3.05) is 19.6 Å². The average molecular weight is 180 g/mol. The number of carbonyl (C=O) groups excluding carboxylic acids is 1. The van der Waals surface area contributed by atoms with Gasteiger partial charge < -0.3 is 10.2 Å². The van der Waals surface area contributed by atoms with Gasteiger partial charge in [0.2, 0.25) is 5.91 Å². The summed E-state index contributed by atoms with van der Waals surface area (Å²) in [7, 11) is 0. The minimum Gasteiger partial charge on any atom is -0.330 e. The number of hydrogen-bond donors (Lipinski definition) is 1. The molecule has 0 aliphatic carbocycles. The summed E-state index contributed by atoms with van der Waals surface area (Å²) in [6, 6.07) is 0. The van der Waals surface area contributed by atoms with Crippen LogP contribution in [0.2, 0.25) is 0 Å². The highest BCUT2D eigenvalue weighted by Crippen LogP contribution is 2.31. The van der Waals surface area contributed by atoms with Crippen LogP contribution in [0, 0.1) is 0 Å². The molecule has 1 saturated heterocycles. The molecule has 1 amide bonds. The second-order valence-electron chi connectivity index (χ2n) is 3.77. The number of likely N-dealkylation sites (N-methyl/N-ethyl adjacent to an activating group) is 1. The van der Waals surface area contributed by atoms with Crippen LogP contribution in [0.3, 0.4) is 0 Å². The third-order valence-electron chi connectivity index (χ3n) is 3.13. The van der Waals surface area contributed by atoms with Crippen LogP contribution in [-0.2, 0) is 4.79 Å². The van der Waals surface area contributed by atoms with Gasteiger partial charge >= 0.3 is 0 Å². The first-order valence-electron chi connectivity index (χ1n) is 5.00. The van der Waals surface area contributed by atoms with E-state index in [0.717, 1.165) is 32.5 Å². The molecule has 0 atom stereocenters. The molecule has 3 nitrogen and oxygen atoms in total. The van der Waals surface area contributed by atoms with Crippen LogP contribution in [0.15, 0.2) is 12.2 Å². The Hall–Kier alpha value is -0.830. The van der Waals surface area contributed by atoms with E-state index in [1.807, 2.05) is 4.90 Å². The van der Waals surface area contributed by atoms with Crippen LogP contribution >= 0.6 is 0 Å². The van der Waals surface area contributed by atoms with Crippen molar-refractivity contribution in [2.24, 2.45) is 0 Å². The number of rotatable bonds is 1. The Balaban J connectivity index is 2.20. The average Bonchev–Trinajstić information content (AvgIpc) is 2.45. The summed E-state index contributed by atoms with van der Waals surface area (Å²) < 4.78 is 0. The maximum Gasteiger partial charge on any atom is 0.247 e. The van der Waals surface area contributed by atoms with E-state index in [0.29, 0.717) is 0 Å². The van der Waals surface area contributed by atoms with E-state index < -0.39 is 0 Å². The van der Waals surface area contributed by atoms with Crippen molar-refractivity contribution in [3.8, 4) is 0 Å². The molecule has 13 heavy (non-hydrogen) atoms. The lowest BCUT2D eigenvalue weighted by molar-refractivity contribution is -0.129. The quantitative estimate of drug-likeness (QED) is 0.638. The van der Waals surface area contributed by atoms with Gasteiger partial charge in [-0.25, -0.2) is 0 Å². The first-order chi connectivity index (χ1) is 6.28. The van der Waals surface area contributed by atoms with Crippen LogP contribution in [0.25, 0.3) is 0 Å². The largest absolute Gasteiger partial charge is 0.330 e. The molecule has 2 rings (SSSR count). The first kappa shape index (κ1) is 8.75.